The minimum atomic E-state index is -3.19. The molecule has 0 aromatic carbocycles. The summed E-state index contributed by atoms with van der Waals surface area (Å²) in [5.41, 5.74) is 0.943. The van der Waals surface area contributed by atoms with E-state index < -0.39 is 21.2 Å². The van der Waals surface area contributed by atoms with Gasteiger partial charge in [-0.25, -0.2) is 8.42 Å². The van der Waals surface area contributed by atoms with E-state index in [9.17, 15) is 13.5 Å². The first-order valence-corrected chi connectivity index (χ1v) is 7.08. The first kappa shape index (κ1) is 11.7. The van der Waals surface area contributed by atoms with Crippen LogP contribution in [0.3, 0.4) is 0 Å². The Morgan fingerprint density at radius 3 is 2.43 bits per heavy atom. The number of sulfone groups is 1. The van der Waals surface area contributed by atoms with Gasteiger partial charge >= 0.3 is 0 Å². The Labute approximate surface area is 88.3 Å². The first-order chi connectivity index (χ1) is 6.34. The lowest BCUT2D eigenvalue weighted by molar-refractivity contribution is 0.179. The van der Waals surface area contributed by atoms with Crippen LogP contribution in [0.2, 0.25) is 0 Å². The highest BCUT2D eigenvalue weighted by atomic mass is 32.2. The number of aliphatic hydroxyl groups is 1. The Balaban J connectivity index is 2.97. The van der Waals surface area contributed by atoms with Crippen molar-refractivity contribution in [1.29, 1.82) is 0 Å². The van der Waals surface area contributed by atoms with Crippen molar-refractivity contribution in [2.45, 2.75) is 25.2 Å². The molecule has 2 unspecified atom stereocenters. The van der Waals surface area contributed by atoms with Crippen LogP contribution in [0.4, 0.5) is 0 Å². The van der Waals surface area contributed by atoms with Crippen molar-refractivity contribution in [3.63, 3.8) is 0 Å². The lowest BCUT2D eigenvalue weighted by Crippen LogP contribution is -2.24. The molecule has 0 aliphatic heterocycles. The molecular formula is C9H14O3S2. The van der Waals surface area contributed by atoms with Crippen LogP contribution in [0.5, 0.6) is 0 Å². The Morgan fingerprint density at radius 2 is 2.07 bits per heavy atom. The molecule has 0 radical (unpaired) electrons. The first-order valence-electron chi connectivity index (χ1n) is 4.25. The van der Waals surface area contributed by atoms with Crippen LogP contribution in [0.15, 0.2) is 11.4 Å². The van der Waals surface area contributed by atoms with Crippen LogP contribution < -0.4 is 0 Å². The van der Waals surface area contributed by atoms with E-state index in [4.69, 9.17) is 0 Å². The number of rotatable bonds is 3. The third-order valence-corrected chi connectivity index (χ3v) is 4.99. The van der Waals surface area contributed by atoms with Crippen LogP contribution in [0, 0.1) is 6.92 Å². The molecule has 0 saturated heterocycles. The van der Waals surface area contributed by atoms with Crippen molar-refractivity contribution < 1.29 is 13.5 Å². The van der Waals surface area contributed by atoms with Crippen LogP contribution >= 0.6 is 11.3 Å². The largest absolute Gasteiger partial charge is 0.386 e. The molecular weight excluding hydrogens is 220 g/mol. The van der Waals surface area contributed by atoms with E-state index in [1.807, 2.05) is 18.4 Å². The summed E-state index contributed by atoms with van der Waals surface area (Å²) in [6.07, 6.45) is 0.231. The quantitative estimate of drug-likeness (QED) is 0.862. The molecule has 0 amide bonds. The predicted octanol–water partition coefficient (Wildman–Crippen LogP) is 1.52. The molecule has 0 fully saturated rings. The number of aliphatic hydroxyl groups excluding tert-OH is 1. The molecule has 80 valence electrons. The third kappa shape index (κ3) is 2.34. The highest BCUT2D eigenvalue weighted by Gasteiger charge is 2.27. The number of aryl methyl sites for hydroxylation is 1. The summed E-state index contributed by atoms with van der Waals surface area (Å²) in [5.74, 6) is 0. The zero-order chi connectivity index (χ0) is 10.9. The highest BCUT2D eigenvalue weighted by molar-refractivity contribution is 7.91. The zero-order valence-electron chi connectivity index (χ0n) is 8.39. The van der Waals surface area contributed by atoms with E-state index in [-0.39, 0.29) is 0 Å². The molecule has 1 rings (SSSR count). The maximum atomic E-state index is 11.2. The van der Waals surface area contributed by atoms with Crippen molar-refractivity contribution in [1.82, 2.24) is 0 Å². The van der Waals surface area contributed by atoms with E-state index in [2.05, 4.69) is 0 Å². The summed E-state index contributed by atoms with van der Waals surface area (Å²) in [5, 5.41) is 10.9. The highest BCUT2D eigenvalue weighted by Crippen LogP contribution is 2.28. The predicted molar refractivity (Wildman–Crippen MR) is 58.3 cm³/mol. The van der Waals surface area contributed by atoms with Gasteiger partial charge < -0.3 is 5.11 Å². The summed E-state index contributed by atoms with van der Waals surface area (Å²) >= 11 is 1.39. The van der Waals surface area contributed by atoms with Gasteiger partial charge in [0.15, 0.2) is 9.84 Å². The molecule has 2 atom stereocenters. The lowest BCUT2D eigenvalue weighted by atomic mass is 10.1. The third-order valence-electron chi connectivity index (χ3n) is 2.29. The van der Waals surface area contributed by atoms with Crippen LogP contribution in [0.25, 0.3) is 0 Å². The Morgan fingerprint density at radius 1 is 1.50 bits per heavy atom. The molecule has 5 heteroatoms. The molecule has 3 nitrogen and oxygen atoms in total. The molecule has 0 aliphatic carbocycles. The summed E-state index contributed by atoms with van der Waals surface area (Å²) in [6.45, 7) is 3.39. The number of hydrogen-bond acceptors (Lipinski definition) is 4. The summed E-state index contributed by atoms with van der Waals surface area (Å²) in [7, 11) is -3.19. The fourth-order valence-corrected chi connectivity index (χ4v) is 2.84. The van der Waals surface area contributed by atoms with Crippen molar-refractivity contribution in [2.24, 2.45) is 0 Å². The average Bonchev–Trinajstić information content (AvgIpc) is 2.47. The normalized spacial score (nSPS) is 16.6. The maximum absolute atomic E-state index is 11.2. The van der Waals surface area contributed by atoms with Crippen molar-refractivity contribution >= 4 is 21.2 Å². The van der Waals surface area contributed by atoms with E-state index in [1.165, 1.54) is 18.3 Å². The van der Waals surface area contributed by atoms with Gasteiger partial charge in [0.1, 0.15) is 6.10 Å². The Bertz CT molecular complexity index is 405. The average molecular weight is 234 g/mol. The van der Waals surface area contributed by atoms with Gasteiger partial charge in [0.2, 0.25) is 0 Å². The summed E-state index contributed by atoms with van der Waals surface area (Å²) in [4.78, 5) is 0.739. The van der Waals surface area contributed by atoms with Gasteiger partial charge in [-0.05, 0) is 30.9 Å². The maximum Gasteiger partial charge on any atom is 0.152 e. The molecule has 0 aliphatic rings. The van der Waals surface area contributed by atoms with Gasteiger partial charge in [0, 0.05) is 11.1 Å². The van der Waals surface area contributed by atoms with Gasteiger partial charge in [0.05, 0.1) is 5.25 Å². The standard InChI is InChI=1S/C9H14O3S2/c1-6-4-5-13-9(6)8(10)7(2)14(3,11)12/h4-5,7-8,10H,1-3H3. The van der Waals surface area contributed by atoms with E-state index in [0.717, 1.165) is 16.7 Å². The van der Waals surface area contributed by atoms with Crippen molar-refractivity contribution in [3.05, 3.63) is 21.9 Å². The molecule has 14 heavy (non-hydrogen) atoms. The number of thiophene rings is 1. The molecule has 1 aromatic heterocycles. The van der Waals surface area contributed by atoms with Gasteiger partial charge in [-0.3, -0.25) is 0 Å². The van der Waals surface area contributed by atoms with Crippen molar-refractivity contribution in [2.75, 3.05) is 6.26 Å². The van der Waals surface area contributed by atoms with Crippen LogP contribution in [-0.2, 0) is 9.84 Å². The lowest BCUT2D eigenvalue weighted by Gasteiger charge is -2.16. The molecule has 0 bridgehead atoms. The van der Waals surface area contributed by atoms with Crippen LogP contribution in [-0.4, -0.2) is 25.0 Å². The van der Waals surface area contributed by atoms with Gasteiger partial charge in [-0.1, -0.05) is 0 Å². The minimum Gasteiger partial charge on any atom is -0.386 e. The molecule has 1 aromatic rings. The smallest absolute Gasteiger partial charge is 0.152 e. The second-order valence-electron chi connectivity index (χ2n) is 3.45. The van der Waals surface area contributed by atoms with Gasteiger partial charge in [0.25, 0.3) is 0 Å². The topological polar surface area (TPSA) is 54.4 Å². The zero-order valence-corrected chi connectivity index (χ0v) is 10.0. The molecule has 0 spiro atoms. The van der Waals surface area contributed by atoms with Gasteiger partial charge in [-0.2, -0.15) is 0 Å². The SMILES string of the molecule is Cc1ccsc1C(O)C(C)S(C)(=O)=O. The fourth-order valence-electron chi connectivity index (χ4n) is 1.13. The molecule has 1 heterocycles. The van der Waals surface area contributed by atoms with E-state index in [0.29, 0.717) is 0 Å². The van der Waals surface area contributed by atoms with E-state index in [1.54, 1.807) is 0 Å². The summed E-state index contributed by atoms with van der Waals surface area (Å²) in [6, 6.07) is 1.87. The second-order valence-corrected chi connectivity index (χ2v) is 6.80. The Kier molecular flexibility index (Phi) is 3.34. The van der Waals surface area contributed by atoms with Gasteiger partial charge in [-0.15, -0.1) is 11.3 Å². The minimum absolute atomic E-state index is 0.739. The fraction of sp³-hybridized carbons (Fsp3) is 0.556. The van der Waals surface area contributed by atoms with Crippen LogP contribution in [0.1, 0.15) is 23.5 Å². The Hall–Kier alpha value is -0.390. The second kappa shape index (κ2) is 4.00. The monoisotopic (exact) mass is 234 g/mol. The molecule has 0 saturated carbocycles. The summed E-state index contributed by atoms with van der Waals surface area (Å²) < 4.78 is 22.4. The van der Waals surface area contributed by atoms with E-state index >= 15 is 0 Å². The van der Waals surface area contributed by atoms with Crippen molar-refractivity contribution in [3.8, 4) is 0 Å². The number of hydrogen-bond donors (Lipinski definition) is 1. The molecule has 1 N–H and O–H groups in total.